The number of carbonyl (C=O) groups is 3. The van der Waals surface area contributed by atoms with E-state index in [-0.39, 0.29) is 0 Å². The van der Waals surface area contributed by atoms with Crippen LogP contribution < -0.4 is 5.32 Å². The number of Topliss-reactive ketones (excluding diaryl/α,β-unsaturated/α-hetero) is 1. The van der Waals surface area contributed by atoms with Gasteiger partial charge in [0.2, 0.25) is 0 Å². The molecule has 1 fully saturated rings. The zero-order chi connectivity index (χ0) is 25.4. The molecule has 0 spiro atoms. The largest absolute Gasteiger partial charge is 0.388 e. The average Bonchev–Trinajstić information content (AvgIpc) is 2.87. The molecule has 0 saturated carbocycles. The molecule has 1 aliphatic heterocycles. The lowest BCUT2D eigenvalue weighted by molar-refractivity contribution is -0.143. The Bertz CT molecular complexity index is 1120. The lowest BCUT2D eigenvalue weighted by Crippen LogP contribution is -2.62. The van der Waals surface area contributed by atoms with Gasteiger partial charge in [-0.2, -0.15) is 0 Å². The fourth-order valence-electron chi connectivity index (χ4n) is 3.97. The van der Waals surface area contributed by atoms with Crippen molar-refractivity contribution < 1.29 is 19.5 Å². The maximum atomic E-state index is 12.9. The van der Waals surface area contributed by atoms with Gasteiger partial charge in [0, 0.05) is 50.8 Å². The van der Waals surface area contributed by atoms with Gasteiger partial charge in [-0.25, -0.2) is 0 Å². The Kier molecular flexibility index (Phi) is 8.58. The van der Waals surface area contributed by atoms with Crippen molar-refractivity contribution in [1.29, 1.82) is 0 Å². The molecule has 7 heteroatoms. The van der Waals surface area contributed by atoms with Crippen molar-refractivity contribution in [3.8, 4) is 11.8 Å². The highest BCUT2D eigenvalue weighted by molar-refractivity contribution is 6.14. The van der Waals surface area contributed by atoms with Gasteiger partial charge in [-0.1, -0.05) is 48.2 Å². The van der Waals surface area contributed by atoms with Gasteiger partial charge < -0.3 is 15.3 Å². The lowest BCUT2D eigenvalue weighted by Gasteiger charge is -2.37. The van der Waals surface area contributed by atoms with Gasteiger partial charge in [0.25, 0.3) is 11.8 Å². The van der Waals surface area contributed by atoms with Crippen molar-refractivity contribution >= 4 is 17.6 Å². The second kappa shape index (κ2) is 11.6. The number of carbonyl (C=O) groups excluding carboxylic acids is 3. The quantitative estimate of drug-likeness (QED) is 0.451. The number of aliphatic hydroxyl groups excluding tert-OH is 1. The van der Waals surface area contributed by atoms with Crippen LogP contribution in [0.2, 0.25) is 0 Å². The highest BCUT2D eigenvalue weighted by Crippen LogP contribution is 2.20. The normalized spacial score (nSPS) is 15.4. The molecular weight excluding hydrogens is 442 g/mol. The molecule has 1 atom stereocenters. The average molecular weight is 474 g/mol. The Morgan fingerprint density at radius 3 is 2.40 bits per heavy atom. The summed E-state index contributed by atoms with van der Waals surface area (Å²) in [4.78, 5) is 40.9. The van der Waals surface area contributed by atoms with Crippen LogP contribution in [-0.4, -0.2) is 71.8 Å². The molecule has 7 nitrogen and oxygen atoms in total. The molecule has 2 aromatic rings. The zero-order valence-electron chi connectivity index (χ0n) is 20.3. The van der Waals surface area contributed by atoms with E-state index in [1.165, 1.54) is 26.6 Å². The smallest absolute Gasteiger partial charge is 0.254 e. The summed E-state index contributed by atoms with van der Waals surface area (Å²) in [5, 5.41) is 11.7. The number of allylic oxidation sites excluding steroid dienone is 1. The lowest BCUT2D eigenvalue weighted by atomic mass is 9.92. The minimum atomic E-state index is -1.82. The van der Waals surface area contributed by atoms with Crippen molar-refractivity contribution in [2.75, 3.05) is 33.8 Å². The Morgan fingerprint density at radius 2 is 1.80 bits per heavy atom. The predicted molar refractivity (Wildman–Crippen MR) is 134 cm³/mol. The fraction of sp³-hybridized carbons (Fsp3) is 0.321. The summed E-state index contributed by atoms with van der Waals surface area (Å²) in [5.41, 5.74) is 0.555. The molecule has 0 bridgehead atoms. The Labute approximate surface area is 206 Å². The highest BCUT2D eigenvalue weighted by atomic mass is 16.3. The minimum absolute atomic E-state index is 0.308. The van der Waals surface area contributed by atoms with Gasteiger partial charge >= 0.3 is 0 Å². The standard InChI is InChI=1S/C28H31N3O4/c1-28(25(33)20-32,27(35)29-2)30(3)26(34)24-15-13-21(14-16-24)9-7-8-12-23-18-31(19-23)17-22-10-5-4-6-11-22/h4-6,8,10-16,23,32H,17-20H2,1-3H3,(H,29,35)/b12-8+/t28-/m1/s1. The first-order chi connectivity index (χ1) is 16.8. The summed E-state index contributed by atoms with van der Waals surface area (Å²) in [5.74, 6) is 4.64. The number of likely N-dealkylation sites (tertiary alicyclic amines) is 1. The van der Waals surface area contributed by atoms with E-state index in [1.54, 1.807) is 24.3 Å². The molecule has 182 valence electrons. The Hall–Kier alpha value is -3.73. The molecule has 0 aliphatic carbocycles. The molecule has 0 aromatic heterocycles. The number of aliphatic hydroxyl groups is 1. The molecule has 1 aliphatic rings. The first kappa shape index (κ1) is 25.9. The van der Waals surface area contributed by atoms with Crippen molar-refractivity contribution in [2.24, 2.45) is 5.92 Å². The summed E-state index contributed by atoms with van der Waals surface area (Å²) < 4.78 is 0. The number of nitrogens with zero attached hydrogens (tertiary/aromatic N) is 2. The van der Waals surface area contributed by atoms with Gasteiger partial charge in [0.15, 0.2) is 11.3 Å². The molecule has 35 heavy (non-hydrogen) atoms. The van der Waals surface area contributed by atoms with Gasteiger partial charge in [0.1, 0.15) is 6.61 Å². The number of amides is 2. The SMILES string of the molecule is CNC(=O)[C@@](C)(C(=O)CO)N(C)C(=O)c1ccc(C#C/C=C/C2CN(Cc3ccccc3)C2)cc1. The number of likely N-dealkylation sites (N-methyl/N-ethyl adjacent to an activating group) is 2. The molecule has 1 saturated heterocycles. The summed E-state index contributed by atoms with van der Waals surface area (Å²) in [7, 11) is 2.74. The molecule has 1 heterocycles. The molecular formula is C28H31N3O4. The van der Waals surface area contributed by atoms with E-state index in [0.717, 1.165) is 30.1 Å². The Morgan fingerprint density at radius 1 is 1.14 bits per heavy atom. The third-order valence-corrected chi connectivity index (χ3v) is 6.37. The van der Waals surface area contributed by atoms with E-state index in [9.17, 15) is 19.5 Å². The van der Waals surface area contributed by atoms with Crippen LogP contribution in [0.5, 0.6) is 0 Å². The molecule has 2 amide bonds. The van der Waals surface area contributed by atoms with Crippen LogP contribution in [0.15, 0.2) is 66.7 Å². The first-order valence-electron chi connectivity index (χ1n) is 11.5. The minimum Gasteiger partial charge on any atom is -0.388 e. The summed E-state index contributed by atoms with van der Waals surface area (Å²) in [6, 6.07) is 17.1. The van der Waals surface area contributed by atoms with E-state index >= 15 is 0 Å². The van der Waals surface area contributed by atoms with Crippen LogP contribution >= 0.6 is 0 Å². The highest BCUT2D eigenvalue weighted by Gasteiger charge is 2.46. The number of ketones is 1. The second-order valence-electron chi connectivity index (χ2n) is 8.74. The van der Waals surface area contributed by atoms with Crippen molar-refractivity contribution in [2.45, 2.75) is 19.0 Å². The summed E-state index contributed by atoms with van der Waals surface area (Å²) in [6.45, 7) is 3.47. The van der Waals surface area contributed by atoms with Crippen molar-refractivity contribution in [3.63, 3.8) is 0 Å². The predicted octanol–water partition coefficient (Wildman–Crippen LogP) is 1.86. The number of rotatable bonds is 8. The van der Waals surface area contributed by atoms with Crippen LogP contribution in [0.4, 0.5) is 0 Å². The van der Waals surface area contributed by atoms with E-state index in [1.807, 2.05) is 12.1 Å². The van der Waals surface area contributed by atoms with E-state index < -0.39 is 29.7 Å². The molecule has 0 radical (unpaired) electrons. The maximum absolute atomic E-state index is 12.9. The zero-order valence-corrected chi connectivity index (χ0v) is 20.3. The van der Waals surface area contributed by atoms with Crippen LogP contribution in [0.3, 0.4) is 0 Å². The third kappa shape index (κ3) is 6.04. The molecule has 2 aromatic carbocycles. The number of nitrogens with one attached hydrogen (secondary N) is 1. The van der Waals surface area contributed by atoms with Crippen molar-refractivity contribution in [1.82, 2.24) is 15.1 Å². The number of benzene rings is 2. The van der Waals surface area contributed by atoms with Crippen LogP contribution in [0.25, 0.3) is 0 Å². The molecule has 0 unspecified atom stereocenters. The third-order valence-electron chi connectivity index (χ3n) is 6.37. The molecule has 2 N–H and O–H groups in total. The van der Waals surface area contributed by atoms with E-state index in [4.69, 9.17) is 0 Å². The maximum Gasteiger partial charge on any atom is 0.254 e. The second-order valence-corrected chi connectivity index (χ2v) is 8.74. The summed E-state index contributed by atoms with van der Waals surface area (Å²) >= 11 is 0. The van der Waals surface area contributed by atoms with E-state index in [0.29, 0.717) is 11.5 Å². The van der Waals surface area contributed by atoms with Gasteiger partial charge in [0.05, 0.1) is 0 Å². The summed E-state index contributed by atoms with van der Waals surface area (Å²) in [6.07, 6.45) is 3.99. The van der Waals surface area contributed by atoms with Crippen LogP contribution in [0.1, 0.15) is 28.4 Å². The van der Waals surface area contributed by atoms with E-state index in [2.05, 4.69) is 52.4 Å². The number of hydrogen-bond acceptors (Lipinski definition) is 5. The fourth-order valence-corrected chi connectivity index (χ4v) is 3.97. The number of hydrogen-bond donors (Lipinski definition) is 2. The van der Waals surface area contributed by atoms with Gasteiger partial charge in [-0.05, 0) is 42.8 Å². The topological polar surface area (TPSA) is 90.0 Å². The first-order valence-corrected chi connectivity index (χ1v) is 11.5. The Balaban J connectivity index is 1.55. The molecule has 3 rings (SSSR count). The van der Waals surface area contributed by atoms with Crippen LogP contribution in [-0.2, 0) is 16.1 Å². The van der Waals surface area contributed by atoms with Crippen LogP contribution in [0, 0.1) is 17.8 Å². The van der Waals surface area contributed by atoms with Gasteiger partial charge in [-0.15, -0.1) is 0 Å². The van der Waals surface area contributed by atoms with Gasteiger partial charge in [-0.3, -0.25) is 19.3 Å². The van der Waals surface area contributed by atoms with Crippen molar-refractivity contribution in [3.05, 3.63) is 83.4 Å². The monoisotopic (exact) mass is 473 g/mol.